The Hall–Kier alpha value is -2.74. The minimum Gasteiger partial charge on any atom is -0.305 e. The molecule has 0 amide bonds. The molecule has 0 aromatic heterocycles. The zero-order chi connectivity index (χ0) is 23.0. The molecule has 164 valence electrons. The normalized spacial score (nSPS) is 12.0. The van der Waals surface area contributed by atoms with Gasteiger partial charge in [-0.25, -0.2) is 0 Å². The maximum Gasteiger partial charge on any atom is 0.135 e. The Morgan fingerprint density at radius 3 is 2.32 bits per heavy atom. The maximum absolute atomic E-state index is 11.8. The van der Waals surface area contributed by atoms with Crippen LogP contribution in [-0.2, 0) is 11.2 Å². The van der Waals surface area contributed by atoms with Gasteiger partial charge in [-0.15, -0.1) is 0 Å². The van der Waals surface area contributed by atoms with Gasteiger partial charge in [-0.3, -0.25) is 4.79 Å². The number of hydrogen-bond acceptors (Lipinski definition) is 2. The highest BCUT2D eigenvalue weighted by Crippen LogP contribution is 2.27. The summed E-state index contributed by atoms with van der Waals surface area (Å²) in [5, 5.41) is 8.53. The van der Waals surface area contributed by atoms with Gasteiger partial charge in [0.2, 0.25) is 0 Å². The number of nitrogens with one attached hydrogen (secondary N) is 1. The maximum atomic E-state index is 11.8. The van der Waals surface area contributed by atoms with Crippen LogP contribution in [0.2, 0.25) is 0 Å². The predicted molar refractivity (Wildman–Crippen MR) is 134 cm³/mol. The molecule has 0 radical (unpaired) electrons. The lowest BCUT2D eigenvalue weighted by Gasteiger charge is -2.20. The van der Waals surface area contributed by atoms with E-state index < -0.39 is 0 Å². The molecular weight excluding hydrogens is 378 g/mol. The fourth-order valence-corrected chi connectivity index (χ4v) is 3.59. The quantitative estimate of drug-likeness (QED) is 0.297. The molecule has 0 spiro atoms. The third-order valence-corrected chi connectivity index (χ3v) is 6.11. The Morgan fingerprint density at radius 2 is 1.71 bits per heavy atom. The minimum absolute atomic E-state index is 0.211. The van der Waals surface area contributed by atoms with E-state index in [0.29, 0.717) is 12.1 Å². The van der Waals surface area contributed by atoms with Crippen molar-refractivity contribution >= 4 is 17.1 Å². The van der Waals surface area contributed by atoms with Gasteiger partial charge in [-0.05, 0) is 81.2 Å². The highest BCUT2D eigenvalue weighted by Gasteiger charge is 2.22. The molecule has 31 heavy (non-hydrogen) atoms. The van der Waals surface area contributed by atoms with Gasteiger partial charge >= 0.3 is 0 Å². The molecule has 2 heteroatoms. The zero-order valence-corrected chi connectivity index (χ0v) is 19.8. The van der Waals surface area contributed by atoms with E-state index in [4.69, 9.17) is 5.41 Å². The van der Waals surface area contributed by atoms with Crippen LogP contribution < -0.4 is 0 Å². The largest absolute Gasteiger partial charge is 0.305 e. The van der Waals surface area contributed by atoms with Crippen LogP contribution in [0.25, 0.3) is 5.57 Å². The summed E-state index contributed by atoms with van der Waals surface area (Å²) in [6, 6.07) is 16.9. The molecule has 0 aliphatic carbocycles. The smallest absolute Gasteiger partial charge is 0.135 e. The molecule has 0 atom stereocenters. The predicted octanol–water partition coefficient (Wildman–Crippen LogP) is 7.68. The van der Waals surface area contributed by atoms with Crippen molar-refractivity contribution in [2.75, 3.05) is 0 Å². The second kappa shape index (κ2) is 11.0. The SMILES string of the molecule is C=C(C/C(=C\C(=N)CCCC(C)(C)C(C)=O)c1ccc(C)cc1)Cc1ccccc1C. The van der Waals surface area contributed by atoms with Crippen molar-refractivity contribution in [3.63, 3.8) is 0 Å². The van der Waals surface area contributed by atoms with Gasteiger partial charge in [0.05, 0.1) is 0 Å². The molecule has 0 saturated heterocycles. The van der Waals surface area contributed by atoms with Crippen molar-refractivity contribution < 1.29 is 4.79 Å². The van der Waals surface area contributed by atoms with Crippen molar-refractivity contribution in [1.82, 2.24) is 0 Å². The summed E-state index contributed by atoms with van der Waals surface area (Å²) in [4.78, 5) is 11.8. The molecule has 0 unspecified atom stereocenters. The molecule has 0 bridgehead atoms. The summed E-state index contributed by atoms with van der Waals surface area (Å²) in [6.45, 7) is 14.2. The van der Waals surface area contributed by atoms with E-state index in [1.165, 1.54) is 16.7 Å². The average Bonchev–Trinajstić information content (AvgIpc) is 2.69. The molecule has 0 fully saturated rings. The Balaban J connectivity index is 2.13. The molecule has 0 saturated carbocycles. The number of Topliss-reactive ketones (excluding diaryl/α,β-unsaturated/α-hetero) is 1. The third kappa shape index (κ3) is 7.79. The van der Waals surface area contributed by atoms with Crippen molar-refractivity contribution in [3.8, 4) is 0 Å². The van der Waals surface area contributed by atoms with Crippen LogP contribution in [0.15, 0.2) is 66.8 Å². The lowest BCUT2D eigenvalue weighted by atomic mass is 9.83. The van der Waals surface area contributed by atoms with Gasteiger partial charge in [0.25, 0.3) is 0 Å². The number of ketones is 1. The van der Waals surface area contributed by atoms with Crippen LogP contribution in [-0.4, -0.2) is 11.5 Å². The summed E-state index contributed by atoms with van der Waals surface area (Å²) in [5.74, 6) is 0.211. The number of hydrogen-bond donors (Lipinski definition) is 1. The Labute approximate surface area is 188 Å². The van der Waals surface area contributed by atoms with Gasteiger partial charge < -0.3 is 5.41 Å². The van der Waals surface area contributed by atoms with Gasteiger partial charge in [0.1, 0.15) is 5.78 Å². The van der Waals surface area contributed by atoms with Crippen LogP contribution >= 0.6 is 0 Å². The summed E-state index contributed by atoms with van der Waals surface area (Å²) < 4.78 is 0. The molecular formula is C29H37NO. The van der Waals surface area contributed by atoms with Gasteiger partial charge in [-0.2, -0.15) is 0 Å². The average molecular weight is 416 g/mol. The summed E-state index contributed by atoms with van der Waals surface area (Å²) in [5.41, 5.74) is 7.53. The van der Waals surface area contributed by atoms with Crippen molar-refractivity contribution in [2.24, 2.45) is 5.41 Å². The van der Waals surface area contributed by atoms with Crippen molar-refractivity contribution in [3.05, 3.63) is 89.0 Å². The van der Waals surface area contributed by atoms with Crippen LogP contribution in [0.5, 0.6) is 0 Å². The number of aryl methyl sites for hydroxylation is 2. The van der Waals surface area contributed by atoms with E-state index >= 15 is 0 Å². The van der Waals surface area contributed by atoms with Gasteiger partial charge in [-0.1, -0.05) is 80.1 Å². The standard InChI is InChI=1S/C29H37NO/c1-21-13-15-25(16-14-21)27(19-22(2)18-26-11-8-7-10-23(26)3)20-28(30)12-9-17-29(5,6)24(4)31/h7-8,10-11,13-16,20,30H,2,9,12,17-19H2,1,3-6H3/b27-20+,30-28?. The van der Waals surface area contributed by atoms with E-state index in [1.54, 1.807) is 6.92 Å². The second-order valence-electron chi connectivity index (χ2n) is 9.38. The number of rotatable bonds is 11. The van der Waals surface area contributed by atoms with Crippen LogP contribution in [0, 0.1) is 24.7 Å². The van der Waals surface area contributed by atoms with Crippen LogP contribution in [0.3, 0.4) is 0 Å². The summed E-state index contributed by atoms with van der Waals surface area (Å²) >= 11 is 0. The van der Waals surface area contributed by atoms with Crippen LogP contribution in [0.1, 0.15) is 68.7 Å². The number of allylic oxidation sites excluding steroid dienone is 3. The Bertz CT molecular complexity index is 960. The fourth-order valence-electron chi connectivity index (χ4n) is 3.59. The summed E-state index contributed by atoms with van der Waals surface area (Å²) in [7, 11) is 0. The molecule has 2 rings (SSSR count). The first kappa shape index (κ1) is 24.5. The molecule has 0 aliphatic rings. The number of carbonyl (C=O) groups excluding carboxylic acids is 1. The van der Waals surface area contributed by atoms with Gasteiger partial charge in [0.15, 0.2) is 0 Å². The van der Waals surface area contributed by atoms with E-state index in [1.807, 2.05) is 19.9 Å². The minimum atomic E-state index is -0.314. The lowest BCUT2D eigenvalue weighted by molar-refractivity contribution is -0.125. The van der Waals surface area contributed by atoms with Crippen molar-refractivity contribution in [2.45, 2.75) is 66.7 Å². The monoisotopic (exact) mass is 415 g/mol. The molecule has 2 aromatic carbocycles. The molecule has 2 nitrogen and oxygen atoms in total. The topological polar surface area (TPSA) is 40.9 Å². The van der Waals surface area contributed by atoms with Gasteiger partial charge in [0, 0.05) is 11.1 Å². The number of benzene rings is 2. The van der Waals surface area contributed by atoms with E-state index in [-0.39, 0.29) is 11.2 Å². The highest BCUT2D eigenvalue weighted by atomic mass is 16.1. The fraction of sp³-hybridized carbons (Fsp3) is 0.379. The number of carbonyl (C=O) groups is 1. The summed E-state index contributed by atoms with van der Waals surface area (Å²) in [6.07, 6.45) is 5.92. The third-order valence-electron chi connectivity index (χ3n) is 6.11. The molecule has 1 N–H and O–H groups in total. The Kier molecular flexibility index (Phi) is 8.74. The highest BCUT2D eigenvalue weighted by molar-refractivity contribution is 5.99. The lowest BCUT2D eigenvalue weighted by Crippen LogP contribution is -2.21. The van der Waals surface area contributed by atoms with E-state index in [9.17, 15) is 4.79 Å². The molecule has 0 heterocycles. The van der Waals surface area contributed by atoms with E-state index in [0.717, 1.165) is 42.4 Å². The second-order valence-corrected chi connectivity index (χ2v) is 9.38. The first-order chi connectivity index (χ1) is 14.6. The molecule has 2 aromatic rings. The van der Waals surface area contributed by atoms with Crippen LogP contribution in [0.4, 0.5) is 0 Å². The Morgan fingerprint density at radius 1 is 1.06 bits per heavy atom. The zero-order valence-electron chi connectivity index (χ0n) is 19.8. The van der Waals surface area contributed by atoms with E-state index in [2.05, 4.69) is 69.0 Å². The van der Waals surface area contributed by atoms with Crippen molar-refractivity contribution in [1.29, 1.82) is 5.41 Å². The molecule has 0 aliphatic heterocycles. The first-order valence-corrected chi connectivity index (χ1v) is 11.2. The first-order valence-electron chi connectivity index (χ1n) is 11.2.